The van der Waals surface area contributed by atoms with E-state index in [4.69, 9.17) is 5.26 Å². The average Bonchev–Trinajstić information content (AvgIpc) is 3.24. The molecule has 5 heteroatoms. The molecule has 31 heavy (non-hydrogen) atoms. The molecule has 2 aromatic rings. The van der Waals surface area contributed by atoms with E-state index in [1.807, 2.05) is 29.7 Å². The lowest BCUT2D eigenvalue weighted by atomic mass is 9.84. The summed E-state index contributed by atoms with van der Waals surface area (Å²) in [5.74, 6) is 0.797. The van der Waals surface area contributed by atoms with Gasteiger partial charge in [0, 0.05) is 30.1 Å². The summed E-state index contributed by atoms with van der Waals surface area (Å²) in [6.07, 6.45) is 11.5. The maximum absolute atomic E-state index is 12.2. The lowest BCUT2D eigenvalue weighted by molar-refractivity contribution is -0.117. The highest BCUT2D eigenvalue weighted by Gasteiger charge is 2.23. The Morgan fingerprint density at radius 3 is 2.71 bits per heavy atom. The molecule has 1 aliphatic carbocycles. The van der Waals surface area contributed by atoms with E-state index in [2.05, 4.69) is 28.4 Å². The largest absolute Gasteiger partial charge is 0.350 e. The second-order valence-corrected chi connectivity index (χ2v) is 9.78. The number of rotatable bonds is 6. The molecule has 4 nitrogen and oxygen atoms in total. The molecule has 162 valence electrons. The van der Waals surface area contributed by atoms with Crippen LogP contribution in [-0.4, -0.2) is 36.5 Å². The Kier molecular flexibility index (Phi) is 7.56. The van der Waals surface area contributed by atoms with Gasteiger partial charge in [0.15, 0.2) is 0 Å². The Morgan fingerprint density at radius 1 is 1.16 bits per heavy atom. The summed E-state index contributed by atoms with van der Waals surface area (Å²) in [5.41, 5.74) is 3.54. The highest BCUT2D eigenvalue weighted by atomic mass is 32.1. The van der Waals surface area contributed by atoms with Crippen LogP contribution in [0, 0.1) is 17.2 Å². The Bertz CT molecular complexity index is 936. The fourth-order valence-electron chi connectivity index (χ4n) is 4.82. The molecule has 2 heterocycles. The molecule has 0 spiro atoms. The van der Waals surface area contributed by atoms with E-state index in [-0.39, 0.29) is 5.91 Å². The van der Waals surface area contributed by atoms with Gasteiger partial charge in [-0.05, 0) is 98.2 Å². The highest BCUT2D eigenvalue weighted by Crippen LogP contribution is 2.27. The molecule has 1 aromatic heterocycles. The predicted octanol–water partition coefficient (Wildman–Crippen LogP) is 4.80. The van der Waals surface area contributed by atoms with Crippen LogP contribution in [-0.2, 0) is 17.6 Å². The maximum atomic E-state index is 12.2. The van der Waals surface area contributed by atoms with Gasteiger partial charge < -0.3 is 10.2 Å². The van der Waals surface area contributed by atoms with Gasteiger partial charge in [-0.25, -0.2) is 0 Å². The van der Waals surface area contributed by atoms with E-state index in [0.717, 1.165) is 61.7 Å². The number of fused-ring (bicyclic) bond motifs is 1. The van der Waals surface area contributed by atoms with Crippen LogP contribution < -0.4 is 5.32 Å². The third-order valence-electron chi connectivity index (χ3n) is 6.72. The summed E-state index contributed by atoms with van der Waals surface area (Å²) in [6.45, 7) is 3.36. The molecule has 1 amide bonds. The summed E-state index contributed by atoms with van der Waals surface area (Å²) in [4.78, 5) is 15.9. The van der Waals surface area contributed by atoms with Crippen molar-refractivity contribution in [1.82, 2.24) is 10.2 Å². The molecule has 1 fully saturated rings. The number of carbonyl (C=O) groups excluding carboxylic acids is 1. The van der Waals surface area contributed by atoms with E-state index in [1.165, 1.54) is 30.4 Å². The summed E-state index contributed by atoms with van der Waals surface area (Å²) >= 11 is 1.64. The SMILES string of the molecule is N#Cc1ccc2c(c1)CCN(CCC1CCC(NC(=O)/C=C/c3cccs3)CC1)CC2. The number of nitrogens with one attached hydrogen (secondary N) is 1. The first-order chi connectivity index (χ1) is 15.2. The summed E-state index contributed by atoms with van der Waals surface area (Å²) in [7, 11) is 0. The fraction of sp³-hybridized carbons (Fsp3) is 0.462. The normalized spacial score (nSPS) is 21.9. The Labute approximate surface area is 189 Å². The number of nitriles is 1. The number of hydrogen-bond donors (Lipinski definition) is 1. The third kappa shape index (κ3) is 6.29. The average molecular weight is 434 g/mol. The van der Waals surface area contributed by atoms with Gasteiger partial charge >= 0.3 is 0 Å². The number of thiophene rings is 1. The second kappa shape index (κ2) is 10.7. The number of amides is 1. The smallest absolute Gasteiger partial charge is 0.244 e. The highest BCUT2D eigenvalue weighted by molar-refractivity contribution is 7.10. The molecule has 1 saturated carbocycles. The zero-order valence-electron chi connectivity index (χ0n) is 18.1. The van der Waals surface area contributed by atoms with Crippen molar-refractivity contribution in [3.8, 4) is 6.07 Å². The van der Waals surface area contributed by atoms with Gasteiger partial charge in [-0.1, -0.05) is 12.1 Å². The third-order valence-corrected chi connectivity index (χ3v) is 7.56. The Hall–Kier alpha value is -2.42. The molecular weight excluding hydrogens is 402 g/mol. The summed E-state index contributed by atoms with van der Waals surface area (Å²) in [5, 5.41) is 14.3. The zero-order chi connectivity index (χ0) is 21.5. The van der Waals surface area contributed by atoms with Crippen molar-refractivity contribution in [3.63, 3.8) is 0 Å². The molecule has 4 rings (SSSR count). The van der Waals surface area contributed by atoms with Gasteiger partial charge in [0.05, 0.1) is 11.6 Å². The molecular formula is C26H31N3OS. The number of carbonyl (C=O) groups is 1. The van der Waals surface area contributed by atoms with Crippen molar-refractivity contribution in [2.45, 2.75) is 51.0 Å². The van der Waals surface area contributed by atoms with E-state index in [1.54, 1.807) is 17.4 Å². The van der Waals surface area contributed by atoms with Crippen molar-refractivity contribution in [3.05, 3.63) is 63.4 Å². The lowest BCUT2D eigenvalue weighted by Gasteiger charge is -2.30. The van der Waals surface area contributed by atoms with Gasteiger partial charge in [0.25, 0.3) is 0 Å². The van der Waals surface area contributed by atoms with E-state index >= 15 is 0 Å². The fourth-order valence-corrected chi connectivity index (χ4v) is 5.44. The monoisotopic (exact) mass is 433 g/mol. The predicted molar refractivity (Wildman–Crippen MR) is 127 cm³/mol. The second-order valence-electron chi connectivity index (χ2n) is 8.80. The maximum Gasteiger partial charge on any atom is 0.244 e. The van der Waals surface area contributed by atoms with E-state index < -0.39 is 0 Å². The molecule has 1 aromatic carbocycles. The first-order valence-electron chi connectivity index (χ1n) is 11.5. The van der Waals surface area contributed by atoms with Crippen molar-refractivity contribution < 1.29 is 4.79 Å². The van der Waals surface area contributed by atoms with Crippen molar-refractivity contribution >= 4 is 23.3 Å². The standard InChI is InChI=1S/C26H31N3OS/c27-19-21-3-6-22-12-15-29(16-13-23(22)18-21)14-11-20-4-7-24(8-5-20)28-26(30)10-9-25-2-1-17-31-25/h1-3,6,9-10,17-18,20,24H,4-5,7-8,11-16H2,(H,28,30)/b10-9+. The van der Waals surface area contributed by atoms with Crippen molar-refractivity contribution in [2.75, 3.05) is 19.6 Å². The van der Waals surface area contributed by atoms with Gasteiger partial charge in [-0.2, -0.15) is 5.26 Å². The minimum Gasteiger partial charge on any atom is -0.350 e. The van der Waals surface area contributed by atoms with E-state index in [0.29, 0.717) is 6.04 Å². The molecule has 0 unspecified atom stereocenters. The van der Waals surface area contributed by atoms with Crippen LogP contribution in [0.1, 0.15) is 53.7 Å². The van der Waals surface area contributed by atoms with Crippen LogP contribution in [0.5, 0.6) is 0 Å². The molecule has 1 N–H and O–H groups in total. The van der Waals surface area contributed by atoms with Crippen LogP contribution in [0.15, 0.2) is 41.8 Å². The molecule has 2 aliphatic rings. The van der Waals surface area contributed by atoms with Crippen molar-refractivity contribution in [1.29, 1.82) is 5.26 Å². The molecule has 0 saturated heterocycles. The minimum absolute atomic E-state index is 0.0283. The first kappa shape index (κ1) is 21.8. The minimum atomic E-state index is 0.0283. The number of hydrogen-bond acceptors (Lipinski definition) is 4. The Balaban J connectivity index is 1.16. The van der Waals surface area contributed by atoms with Gasteiger partial charge in [0.2, 0.25) is 5.91 Å². The molecule has 0 radical (unpaired) electrons. The zero-order valence-corrected chi connectivity index (χ0v) is 18.9. The van der Waals surface area contributed by atoms with Crippen LogP contribution in [0.2, 0.25) is 0 Å². The summed E-state index contributed by atoms with van der Waals surface area (Å²) in [6, 6.07) is 12.8. The molecule has 0 bridgehead atoms. The first-order valence-corrected chi connectivity index (χ1v) is 12.3. The van der Waals surface area contributed by atoms with Crippen molar-refractivity contribution in [2.24, 2.45) is 5.92 Å². The quantitative estimate of drug-likeness (QED) is 0.666. The number of benzene rings is 1. The van der Waals surface area contributed by atoms with Gasteiger partial charge in [-0.3, -0.25) is 4.79 Å². The van der Waals surface area contributed by atoms with Gasteiger partial charge in [0.1, 0.15) is 0 Å². The van der Waals surface area contributed by atoms with Gasteiger partial charge in [-0.15, -0.1) is 11.3 Å². The molecule has 0 atom stereocenters. The van der Waals surface area contributed by atoms with Crippen LogP contribution in [0.3, 0.4) is 0 Å². The lowest BCUT2D eigenvalue weighted by Crippen LogP contribution is -2.37. The van der Waals surface area contributed by atoms with Crippen LogP contribution in [0.25, 0.3) is 6.08 Å². The van der Waals surface area contributed by atoms with Crippen LogP contribution >= 0.6 is 11.3 Å². The number of nitrogens with zero attached hydrogens (tertiary/aromatic N) is 2. The topological polar surface area (TPSA) is 56.1 Å². The van der Waals surface area contributed by atoms with E-state index in [9.17, 15) is 4.79 Å². The summed E-state index contributed by atoms with van der Waals surface area (Å²) < 4.78 is 0. The Morgan fingerprint density at radius 2 is 1.97 bits per heavy atom. The molecule has 1 aliphatic heterocycles. The van der Waals surface area contributed by atoms with Crippen LogP contribution in [0.4, 0.5) is 0 Å².